The van der Waals surface area contributed by atoms with Gasteiger partial charge in [0.25, 0.3) is 0 Å². The molecule has 0 amide bonds. The third kappa shape index (κ3) is 4.84. The van der Waals surface area contributed by atoms with Crippen LogP contribution in [0, 0.1) is 0 Å². The zero-order chi connectivity index (χ0) is 16.7. The Morgan fingerprint density at radius 2 is 1.74 bits per heavy atom. The van der Waals surface area contributed by atoms with Gasteiger partial charge >= 0.3 is 5.97 Å². The molecule has 2 rings (SSSR count). The number of carboxylic acids is 1. The summed E-state index contributed by atoms with van der Waals surface area (Å²) in [4.78, 5) is 24.0. The number of hydrogen-bond acceptors (Lipinski definition) is 3. The van der Waals surface area contributed by atoms with Crippen LogP contribution in [-0.4, -0.2) is 21.4 Å². The highest BCUT2D eigenvalue weighted by Crippen LogP contribution is 2.41. The standard InChI is InChI=1S/C19H26O3S/c1-2-3-4-5-6-7-8-13-16-17(18(20)21)14-11-9-10-12-15(14)19(22)23-16/h9-12,16-17H,2-8,13H2,1H3,(H,20,21)/t16-,17+/m1/s1. The Morgan fingerprint density at radius 3 is 2.43 bits per heavy atom. The lowest BCUT2D eigenvalue weighted by Gasteiger charge is -2.29. The summed E-state index contributed by atoms with van der Waals surface area (Å²) in [6, 6.07) is 7.16. The van der Waals surface area contributed by atoms with Crippen LogP contribution in [0.4, 0.5) is 0 Å². The molecule has 1 N–H and O–H groups in total. The number of unbranched alkanes of at least 4 members (excludes halogenated alkanes) is 6. The van der Waals surface area contributed by atoms with Gasteiger partial charge in [-0.3, -0.25) is 9.59 Å². The maximum atomic E-state index is 12.2. The molecule has 4 heteroatoms. The van der Waals surface area contributed by atoms with Gasteiger partial charge in [-0.15, -0.1) is 0 Å². The zero-order valence-electron chi connectivity index (χ0n) is 13.8. The molecule has 3 nitrogen and oxygen atoms in total. The van der Waals surface area contributed by atoms with Crippen molar-refractivity contribution in [3.05, 3.63) is 35.4 Å². The van der Waals surface area contributed by atoms with Crippen molar-refractivity contribution in [2.45, 2.75) is 69.5 Å². The molecule has 0 saturated heterocycles. The third-order valence-electron chi connectivity index (χ3n) is 4.50. The van der Waals surface area contributed by atoms with Gasteiger partial charge in [-0.2, -0.15) is 0 Å². The minimum Gasteiger partial charge on any atom is -0.481 e. The fourth-order valence-corrected chi connectivity index (χ4v) is 4.52. The molecule has 0 radical (unpaired) electrons. The minimum atomic E-state index is -0.814. The highest BCUT2D eigenvalue weighted by atomic mass is 32.2. The van der Waals surface area contributed by atoms with E-state index in [2.05, 4.69) is 6.92 Å². The number of rotatable bonds is 9. The molecule has 126 valence electrons. The van der Waals surface area contributed by atoms with Gasteiger partial charge in [-0.25, -0.2) is 0 Å². The van der Waals surface area contributed by atoms with E-state index < -0.39 is 11.9 Å². The SMILES string of the molecule is CCCCCCCCC[C@H]1SC(=O)c2ccccc2[C@@H]1C(=O)O. The van der Waals surface area contributed by atoms with E-state index in [-0.39, 0.29) is 10.4 Å². The second-order valence-corrected chi connectivity index (χ2v) is 7.47. The molecule has 0 aromatic heterocycles. The smallest absolute Gasteiger partial charge is 0.312 e. The summed E-state index contributed by atoms with van der Waals surface area (Å²) in [5.41, 5.74) is 1.26. The first kappa shape index (κ1) is 18.1. The van der Waals surface area contributed by atoms with E-state index in [0.717, 1.165) is 19.3 Å². The highest BCUT2D eigenvalue weighted by Gasteiger charge is 2.38. The molecule has 2 atom stereocenters. The number of thioether (sulfide) groups is 1. The number of fused-ring (bicyclic) bond motifs is 1. The third-order valence-corrected chi connectivity index (χ3v) is 5.75. The summed E-state index contributed by atoms with van der Waals surface area (Å²) in [6.45, 7) is 2.21. The zero-order valence-corrected chi connectivity index (χ0v) is 14.6. The largest absolute Gasteiger partial charge is 0.481 e. The molecule has 0 aliphatic carbocycles. The van der Waals surface area contributed by atoms with Gasteiger partial charge in [0, 0.05) is 10.8 Å². The van der Waals surface area contributed by atoms with Gasteiger partial charge in [-0.05, 0) is 12.0 Å². The monoisotopic (exact) mass is 334 g/mol. The van der Waals surface area contributed by atoms with Crippen LogP contribution in [0.2, 0.25) is 0 Å². The van der Waals surface area contributed by atoms with E-state index in [1.807, 2.05) is 6.07 Å². The Labute approximate surface area is 142 Å². The summed E-state index contributed by atoms with van der Waals surface area (Å²) in [5.74, 6) is -1.38. The van der Waals surface area contributed by atoms with Crippen LogP contribution >= 0.6 is 11.8 Å². The van der Waals surface area contributed by atoms with Crippen molar-refractivity contribution in [2.24, 2.45) is 0 Å². The van der Waals surface area contributed by atoms with Gasteiger partial charge < -0.3 is 5.11 Å². The Morgan fingerprint density at radius 1 is 1.09 bits per heavy atom. The van der Waals surface area contributed by atoms with E-state index in [0.29, 0.717) is 11.1 Å². The molecule has 0 saturated carbocycles. The van der Waals surface area contributed by atoms with Gasteiger partial charge in [-0.1, -0.05) is 87.9 Å². The predicted octanol–water partition coefficient (Wildman–Crippen LogP) is 5.25. The number of carbonyl (C=O) groups excluding carboxylic acids is 1. The Hall–Kier alpha value is -1.29. The maximum absolute atomic E-state index is 12.2. The van der Waals surface area contributed by atoms with E-state index in [4.69, 9.17) is 0 Å². The lowest BCUT2D eigenvalue weighted by Crippen LogP contribution is -2.30. The Bertz CT molecular complexity index is 541. The Kier molecular flexibility index (Phi) is 7.15. The molecule has 0 spiro atoms. The number of carboxylic acid groups (broad SMARTS) is 1. The molecule has 1 aromatic rings. The predicted molar refractivity (Wildman–Crippen MR) is 95.1 cm³/mol. The van der Waals surface area contributed by atoms with Crippen LogP contribution in [0.3, 0.4) is 0 Å². The molecular formula is C19H26O3S. The van der Waals surface area contributed by atoms with Gasteiger partial charge in [0.15, 0.2) is 0 Å². The van der Waals surface area contributed by atoms with E-state index in [1.165, 1.54) is 43.9 Å². The van der Waals surface area contributed by atoms with Gasteiger partial charge in [0.05, 0.1) is 5.92 Å². The van der Waals surface area contributed by atoms with Crippen LogP contribution in [0.5, 0.6) is 0 Å². The second-order valence-electron chi connectivity index (χ2n) is 6.26. The van der Waals surface area contributed by atoms with Crippen molar-refractivity contribution in [3.8, 4) is 0 Å². The summed E-state index contributed by atoms with van der Waals surface area (Å²) in [7, 11) is 0. The van der Waals surface area contributed by atoms with E-state index >= 15 is 0 Å². The maximum Gasteiger partial charge on any atom is 0.312 e. The normalized spacial score (nSPS) is 20.3. The highest BCUT2D eigenvalue weighted by molar-refractivity contribution is 8.14. The van der Waals surface area contributed by atoms with E-state index in [9.17, 15) is 14.7 Å². The van der Waals surface area contributed by atoms with Crippen LogP contribution in [0.15, 0.2) is 24.3 Å². The fraction of sp³-hybridized carbons (Fsp3) is 0.579. The second kappa shape index (κ2) is 9.11. The molecule has 0 unspecified atom stereocenters. The molecule has 1 aliphatic rings. The van der Waals surface area contributed by atoms with Crippen molar-refractivity contribution < 1.29 is 14.7 Å². The van der Waals surface area contributed by atoms with Crippen molar-refractivity contribution in [2.75, 3.05) is 0 Å². The van der Waals surface area contributed by atoms with Gasteiger partial charge in [0.2, 0.25) is 5.12 Å². The molecule has 1 heterocycles. The summed E-state index contributed by atoms with van der Waals surface area (Å²) in [5, 5.41) is 9.50. The van der Waals surface area contributed by atoms with Crippen molar-refractivity contribution in [1.29, 1.82) is 0 Å². The molecular weight excluding hydrogens is 308 g/mol. The lowest BCUT2D eigenvalue weighted by molar-refractivity contribution is -0.138. The Balaban J connectivity index is 1.91. The van der Waals surface area contributed by atoms with Crippen molar-refractivity contribution >= 4 is 22.8 Å². The fourth-order valence-electron chi connectivity index (χ4n) is 3.24. The van der Waals surface area contributed by atoms with Crippen LogP contribution in [-0.2, 0) is 4.79 Å². The molecule has 1 aliphatic heterocycles. The first-order chi connectivity index (χ1) is 11.1. The van der Waals surface area contributed by atoms with Crippen LogP contribution in [0.1, 0.15) is 80.1 Å². The summed E-state index contributed by atoms with van der Waals surface area (Å²) in [6.07, 6.45) is 9.24. The average Bonchev–Trinajstić information content (AvgIpc) is 2.54. The molecule has 0 fully saturated rings. The molecule has 1 aromatic carbocycles. The number of benzene rings is 1. The molecule has 0 bridgehead atoms. The summed E-state index contributed by atoms with van der Waals surface area (Å²) < 4.78 is 0. The van der Waals surface area contributed by atoms with Crippen molar-refractivity contribution in [3.63, 3.8) is 0 Å². The number of carbonyl (C=O) groups is 2. The quantitative estimate of drug-likeness (QED) is 0.627. The minimum absolute atomic E-state index is 0.0195. The first-order valence-corrected chi connectivity index (χ1v) is 9.55. The average molecular weight is 334 g/mol. The topological polar surface area (TPSA) is 54.4 Å². The van der Waals surface area contributed by atoms with Gasteiger partial charge in [0.1, 0.15) is 0 Å². The lowest BCUT2D eigenvalue weighted by atomic mass is 9.88. The first-order valence-electron chi connectivity index (χ1n) is 8.68. The molecule has 23 heavy (non-hydrogen) atoms. The van der Waals surface area contributed by atoms with Crippen LogP contribution < -0.4 is 0 Å². The number of hydrogen-bond donors (Lipinski definition) is 1. The summed E-state index contributed by atoms with van der Waals surface area (Å²) >= 11 is 1.22. The van der Waals surface area contributed by atoms with Crippen molar-refractivity contribution in [1.82, 2.24) is 0 Å². The number of aliphatic carboxylic acids is 1. The van der Waals surface area contributed by atoms with Crippen LogP contribution in [0.25, 0.3) is 0 Å². The van der Waals surface area contributed by atoms with E-state index in [1.54, 1.807) is 18.2 Å².